The monoisotopic (exact) mass is 457 g/mol. The van der Waals surface area contributed by atoms with Crippen LogP contribution in [0.3, 0.4) is 0 Å². The van der Waals surface area contributed by atoms with Crippen molar-refractivity contribution in [3.8, 4) is 0 Å². The summed E-state index contributed by atoms with van der Waals surface area (Å²) in [5, 5.41) is 16.3. The molecule has 1 aliphatic carbocycles. The van der Waals surface area contributed by atoms with Crippen molar-refractivity contribution >= 4 is 45.9 Å². The Morgan fingerprint density at radius 3 is 2.59 bits per heavy atom. The summed E-state index contributed by atoms with van der Waals surface area (Å²) in [7, 11) is 0. The van der Waals surface area contributed by atoms with Crippen molar-refractivity contribution in [1.29, 1.82) is 0 Å². The number of nitro benzene ring substituents is 1. The van der Waals surface area contributed by atoms with Gasteiger partial charge in [-0.25, -0.2) is 4.79 Å². The number of nitrogens with one attached hydrogen (secondary N) is 2. The first-order valence-electron chi connectivity index (χ1n) is 10.2. The Morgan fingerprint density at radius 2 is 1.91 bits per heavy atom. The average Bonchev–Trinajstić information content (AvgIpc) is 3.14. The largest absolute Gasteiger partial charge is 0.462 e. The van der Waals surface area contributed by atoms with Gasteiger partial charge in [0, 0.05) is 23.1 Å². The second-order valence-electron chi connectivity index (χ2n) is 7.08. The number of carbonyl (C=O) groups excluding carboxylic acids is 3. The number of aryl methyl sites for hydroxylation is 1. The molecule has 168 valence electrons. The minimum atomic E-state index is -0.504. The van der Waals surface area contributed by atoms with Crippen LogP contribution in [-0.2, 0) is 27.2 Å². The molecule has 1 aromatic heterocycles. The van der Waals surface area contributed by atoms with Crippen LogP contribution in [0.25, 0.3) is 6.08 Å². The van der Waals surface area contributed by atoms with Crippen molar-refractivity contribution in [2.75, 3.05) is 18.5 Å². The fourth-order valence-electron chi connectivity index (χ4n) is 3.35. The van der Waals surface area contributed by atoms with Gasteiger partial charge < -0.3 is 15.4 Å². The third-order valence-corrected chi connectivity index (χ3v) is 6.07. The van der Waals surface area contributed by atoms with Crippen LogP contribution in [-0.4, -0.2) is 35.9 Å². The van der Waals surface area contributed by atoms with Gasteiger partial charge in [0.1, 0.15) is 5.00 Å². The lowest BCUT2D eigenvalue weighted by Gasteiger charge is -2.12. The zero-order valence-corrected chi connectivity index (χ0v) is 18.3. The third-order valence-electron chi connectivity index (χ3n) is 4.86. The highest BCUT2D eigenvalue weighted by molar-refractivity contribution is 7.17. The van der Waals surface area contributed by atoms with Crippen LogP contribution in [0.15, 0.2) is 30.3 Å². The number of rotatable bonds is 8. The number of carbonyl (C=O) groups is 3. The van der Waals surface area contributed by atoms with Gasteiger partial charge in [0.25, 0.3) is 5.69 Å². The molecule has 0 saturated heterocycles. The standard InChI is InChI=1S/C22H23N3O6S/c1-2-31-22(28)20-16-5-3-4-6-17(16)32-21(20)24-19(27)13-23-18(26)12-9-14-7-10-15(11-8-14)25(29)30/h7-12H,2-6,13H2,1H3,(H,23,26)(H,24,27)/b12-9+. The second kappa shape index (κ2) is 10.7. The van der Waals surface area contributed by atoms with Gasteiger partial charge in [-0.05, 0) is 61.9 Å². The van der Waals surface area contributed by atoms with Crippen LogP contribution in [0, 0.1) is 10.1 Å². The first-order chi connectivity index (χ1) is 15.4. The van der Waals surface area contributed by atoms with Crippen LogP contribution < -0.4 is 10.6 Å². The van der Waals surface area contributed by atoms with Crippen LogP contribution in [0.2, 0.25) is 0 Å². The Hall–Kier alpha value is -3.53. The smallest absolute Gasteiger partial charge is 0.341 e. The number of amides is 2. The normalized spacial score (nSPS) is 12.8. The number of hydrogen-bond donors (Lipinski definition) is 2. The highest BCUT2D eigenvalue weighted by atomic mass is 32.1. The summed E-state index contributed by atoms with van der Waals surface area (Å²) in [6.45, 7) is 1.71. The summed E-state index contributed by atoms with van der Waals surface area (Å²) in [6, 6.07) is 5.72. The Labute approximate surface area is 188 Å². The molecule has 0 fully saturated rings. The van der Waals surface area contributed by atoms with Gasteiger partial charge in [-0.2, -0.15) is 0 Å². The van der Waals surface area contributed by atoms with Crippen LogP contribution >= 0.6 is 11.3 Å². The van der Waals surface area contributed by atoms with E-state index >= 15 is 0 Å². The molecule has 1 aromatic carbocycles. The van der Waals surface area contributed by atoms with Crippen molar-refractivity contribution in [1.82, 2.24) is 5.32 Å². The molecule has 9 nitrogen and oxygen atoms in total. The molecule has 0 bridgehead atoms. The number of esters is 1. The van der Waals surface area contributed by atoms with E-state index in [0.717, 1.165) is 36.1 Å². The quantitative estimate of drug-likeness (QED) is 0.270. The van der Waals surface area contributed by atoms with Gasteiger partial charge in [0.2, 0.25) is 11.8 Å². The van der Waals surface area contributed by atoms with Crippen molar-refractivity contribution in [2.45, 2.75) is 32.6 Å². The lowest BCUT2D eigenvalue weighted by Crippen LogP contribution is -2.31. The zero-order chi connectivity index (χ0) is 23.1. The van der Waals surface area contributed by atoms with Gasteiger partial charge in [0.15, 0.2) is 0 Å². The predicted octanol–water partition coefficient (Wildman–Crippen LogP) is 3.48. The lowest BCUT2D eigenvalue weighted by atomic mass is 9.95. The molecule has 2 N–H and O–H groups in total. The van der Waals surface area contributed by atoms with Gasteiger partial charge >= 0.3 is 5.97 Å². The first-order valence-corrected chi connectivity index (χ1v) is 11.0. The molecular weight excluding hydrogens is 434 g/mol. The van der Waals surface area contributed by atoms with Crippen molar-refractivity contribution < 1.29 is 24.0 Å². The SMILES string of the molecule is CCOC(=O)c1c(NC(=O)CNC(=O)/C=C/c2ccc([N+](=O)[O-])cc2)sc2c1CCCC2. The van der Waals surface area contributed by atoms with E-state index in [2.05, 4.69) is 10.6 Å². The topological polar surface area (TPSA) is 128 Å². The minimum Gasteiger partial charge on any atom is -0.462 e. The Balaban J connectivity index is 1.58. The van der Waals surface area contributed by atoms with Gasteiger partial charge in [-0.1, -0.05) is 0 Å². The highest BCUT2D eigenvalue weighted by Crippen LogP contribution is 2.38. The van der Waals surface area contributed by atoms with E-state index in [0.29, 0.717) is 16.1 Å². The number of hydrogen-bond acceptors (Lipinski definition) is 7. The molecule has 1 aliphatic rings. The van der Waals surface area contributed by atoms with E-state index in [4.69, 9.17) is 4.74 Å². The summed E-state index contributed by atoms with van der Waals surface area (Å²) in [6.07, 6.45) is 6.40. The molecule has 2 amide bonds. The minimum absolute atomic E-state index is 0.0410. The maximum Gasteiger partial charge on any atom is 0.341 e. The van der Waals surface area contributed by atoms with Crippen LogP contribution in [0.4, 0.5) is 10.7 Å². The predicted molar refractivity (Wildman–Crippen MR) is 121 cm³/mol. The molecule has 3 rings (SSSR count). The van der Waals surface area contributed by atoms with Gasteiger partial charge in [0.05, 0.1) is 23.6 Å². The molecule has 0 spiro atoms. The first kappa shape index (κ1) is 23.1. The number of non-ortho nitro benzene ring substituents is 1. The van der Waals surface area contributed by atoms with Crippen LogP contribution in [0.1, 0.15) is 46.1 Å². The molecule has 0 unspecified atom stereocenters. The highest BCUT2D eigenvalue weighted by Gasteiger charge is 2.27. The summed E-state index contributed by atoms with van der Waals surface area (Å²) in [4.78, 5) is 48.1. The maximum atomic E-state index is 12.4. The number of anilines is 1. The summed E-state index contributed by atoms with van der Waals surface area (Å²) >= 11 is 1.38. The number of fused-ring (bicyclic) bond motifs is 1. The fourth-order valence-corrected chi connectivity index (χ4v) is 4.64. The van der Waals surface area contributed by atoms with Gasteiger partial charge in [-0.3, -0.25) is 19.7 Å². The lowest BCUT2D eigenvalue weighted by molar-refractivity contribution is -0.384. The molecule has 0 saturated carbocycles. The van der Waals surface area contributed by atoms with Gasteiger partial charge in [-0.15, -0.1) is 11.3 Å². The Bertz CT molecular complexity index is 1060. The Morgan fingerprint density at radius 1 is 1.19 bits per heavy atom. The molecule has 0 radical (unpaired) electrons. The zero-order valence-electron chi connectivity index (χ0n) is 17.5. The van der Waals surface area contributed by atoms with Crippen molar-refractivity contribution in [3.05, 3.63) is 62.0 Å². The molecule has 2 aromatic rings. The number of nitro groups is 1. The van der Waals surface area contributed by atoms with E-state index in [-0.39, 0.29) is 18.8 Å². The second-order valence-corrected chi connectivity index (χ2v) is 8.19. The van der Waals surface area contributed by atoms with E-state index in [1.165, 1.54) is 47.8 Å². The van der Waals surface area contributed by atoms with E-state index in [1.54, 1.807) is 6.92 Å². The van der Waals surface area contributed by atoms with Crippen molar-refractivity contribution in [3.63, 3.8) is 0 Å². The van der Waals surface area contributed by atoms with E-state index < -0.39 is 22.7 Å². The number of nitrogens with zero attached hydrogens (tertiary/aromatic N) is 1. The summed E-state index contributed by atoms with van der Waals surface area (Å²) < 4.78 is 5.17. The molecule has 10 heteroatoms. The fraction of sp³-hybridized carbons (Fsp3) is 0.318. The van der Waals surface area contributed by atoms with E-state index in [9.17, 15) is 24.5 Å². The maximum absolute atomic E-state index is 12.4. The molecule has 0 atom stereocenters. The third kappa shape index (κ3) is 5.79. The molecule has 1 heterocycles. The molecular formula is C22H23N3O6S. The summed E-state index contributed by atoms with van der Waals surface area (Å²) in [5.41, 5.74) is 1.94. The molecule has 0 aliphatic heterocycles. The van der Waals surface area contributed by atoms with Crippen LogP contribution in [0.5, 0.6) is 0 Å². The number of benzene rings is 1. The number of thiophene rings is 1. The summed E-state index contributed by atoms with van der Waals surface area (Å²) in [5.74, 6) is -1.39. The van der Waals surface area contributed by atoms with Crippen molar-refractivity contribution in [2.24, 2.45) is 0 Å². The molecule has 32 heavy (non-hydrogen) atoms. The average molecular weight is 458 g/mol. The van der Waals surface area contributed by atoms with E-state index in [1.807, 2.05) is 0 Å². The Kier molecular flexibility index (Phi) is 7.72. The number of ether oxygens (including phenoxy) is 1.